The van der Waals surface area contributed by atoms with Crippen LogP contribution in [0.4, 0.5) is 0 Å². The van der Waals surface area contributed by atoms with Crippen LogP contribution in [-0.2, 0) is 23.0 Å². The minimum absolute atomic E-state index is 0.185. The number of nitrogens with zero attached hydrogens (tertiary/aromatic N) is 2. The molecule has 1 saturated heterocycles. The first-order valence-corrected chi connectivity index (χ1v) is 10.7. The maximum Gasteiger partial charge on any atom is 0.248 e. The predicted octanol–water partition coefficient (Wildman–Crippen LogP) is 1.23. The summed E-state index contributed by atoms with van der Waals surface area (Å²) in [5.74, 6) is 0.401. The molecule has 4 rings (SSSR count). The average molecular weight is 401 g/mol. The van der Waals surface area contributed by atoms with E-state index in [2.05, 4.69) is 17.0 Å². The van der Waals surface area contributed by atoms with Crippen molar-refractivity contribution in [2.75, 3.05) is 32.8 Å². The predicted molar refractivity (Wildman–Crippen MR) is 105 cm³/mol. The van der Waals surface area contributed by atoms with Crippen LogP contribution in [0.3, 0.4) is 0 Å². The number of benzene rings is 2. The summed E-state index contributed by atoms with van der Waals surface area (Å²) >= 11 is 0. The molecule has 148 valence electrons. The van der Waals surface area contributed by atoms with E-state index in [0.29, 0.717) is 31.7 Å². The average Bonchev–Trinajstić information content (AvgIpc) is 3.16. The fourth-order valence-electron chi connectivity index (χ4n) is 3.66. The summed E-state index contributed by atoms with van der Waals surface area (Å²) < 4.78 is 32.7. The number of nitrogens with two attached hydrogens (primary N) is 1. The van der Waals surface area contributed by atoms with Gasteiger partial charge in [0.15, 0.2) is 0 Å². The van der Waals surface area contributed by atoms with E-state index < -0.39 is 15.9 Å². The van der Waals surface area contributed by atoms with Gasteiger partial charge in [-0.2, -0.15) is 4.31 Å². The molecule has 0 radical (unpaired) electrons. The zero-order chi connectivity index (χ0) is 19.7. The number of sulfonamides is 1. The topological polar surface area (TPSA) is 92.9 Å². The summed E-state index contributed by atoms with van der Waals surface area (Å²) in [5.41, 5.74) is 7.98. The first-order valence-electron chi connectivity index (χ1n) is 9.30. The molecule has 0 aromatic heterocycles. The van der Waals surface area contributed by atoms with Crippen LogP contribution in [0.25, 0.3) is 0 Å². The number of carbonyl (C=O) groups excluding carboxylic acids is 1. The quantitative estimate of drug-likeness (QED) is 0.813. The van der Waals surface area contributed by atoms with E-state index in [1.165, 1.54) is 39.7 Å². The molecule has 2 aromatic carbocycles. The van der Waals surface area contributed by atoms with Crippen LogP contribution in [0.5, 0.6) is 5.75 Å². The summed E-state index contributed by atoms with van der Waals surface area (Å²) in [6.07, 6.45) is 0.948. The fraction of sp³-hybridized carbons (Fsp3) is 0.350. The Hall–Kier alpha value is -2.42. The van der Waals surface area contributed by atoms with E-state index >= 15 is 0 Å². The molecular formula is C20H23N3O4S. The molecule has 8 heteroatoms. The Morgan fingerprint density at radius 2 is 1.75 bits per heavy atom. The zero-order valence-corrected chi connectivity index (χ0v) is 16.3. The Morgan fingerprint density at radius 1 is 1.04 bits per heavy atom. The second-order valence-corrected chi connectivity index (χ2v) is 9.05. The van der Waals surface area contributed by atoms with Crippen molar-refractivity contribution >= 4 is 15.9 Å². The molecule has 2 aliphatic rings. The van der Waals surface area contributed by atoms with Crippen molar-refractivity contribution < 1.29 is 17.9 Å². The highest BCUT2D eigenvalue weighted by atomic mass is 32.2. The smallest absolute Gasteiger partial charge is 0.248 e. The first-order chi connectivity index (χ1) is 13.4. The minimum Gasteiger partial charge on any atom is -0.493 e. The van der Waals surface area contributed by atoms with Crippen molar-refractivity contribution in [3.63, 3.8) is 0 Å². The number of hydrogen-bond acceptors (Lipinski definition) is 5. The molecule has 0 unspecified atom stereocenters. The van der Waals surface area contributed by atoms with Crippen molar-refractivity contribution in [3.8, 4) is 5.75 Å². The van der Waals surface area contributed by atoms with Gasteiger partial charge in [0.05, 0.1) is 11.5 Å². The van der Waals surface area contributed by atoms with Crippen molar-refractivity contribution in [2.24, 2.45) is 5.73 Å². The van der Waals surface area contributed by atoms with Gasteiger partial charge in [-0.25, -0.2) is 8.42 Å². The third-order valence-corrected chi connectivity index (χ3v) is 7.18. The molecule has 0 spiro atoms. The maximum absolute atomic E-state index is 12.8. The summed E-state index contributed by atoms with van der Waals surface area (Å²) in [5, 5.41) is 0. The fourth-order valence-corrected chi connectivity index (χ4v) is 5.09. The molecule has 7 nitrogen and oxygen atoms in total. The largest absolute Gasteiger partial charge is 0.493 e. The van der Waals surface area contributed by atoms with Crippen LogP contribution in [0.2, 0.25) is 0 Å². The lowest BCUT2D eigenvalue weighted by Crippen LogP contribution is -2.48. The Morgan fingerprint density at radius 3 is 2.43 bits per heavy atom. The standard InChI is InChI=1S/C20H23N3O4S/c21-20(24)16-2-4-18(5-3-16)28(25,26)23-10-8-22(9-11-23)14-15-1-6-19-17(13-15)7-12-27-19/h1-6,13H,7-12,14H2,(H2,21,24). The van der Waals surface area contributed by atoms with Gasteiger partial charge < -0.3 is 10.5 Å². The molecule has 28 heavy (non-hydrogen) atoms. The first kappa shape index (κ1) is 18.9. The summed E-state index contributed by atoms with van der Waals surface area (Å²) in [6.45, 7) is 3.77. The van der Waals surface area contributed by atoms with Gasteiger partial charge in [0.25, 0.3) is 0 Å². The number of amides is 1. The van der Waals surface area contributed by atoms with Gasteiger partial charge in [0, 0.05) is 44.7 Å². The third kappa shape index (κ3) is 3.76. The molecule has 0 saturated carbocycles. The van der Waals surface area contributed by atoms with E-state index in [4.69, 9.17) is 10.5 Å². The Balaban J connectivity index is 1.38. The molecule has 2 aliphatic heterocycles. The molecule has 1 fully saturated rings. The van der Waals surface area contributed by atoms with Gasteiger partial charge in [-0.05, 0) is 41.5 Å². The van der Waals surface area contributed by atoms with Crippen LogP contribution >= 0.6 is 0 Å². The number of primary amides is 1. The Kier molecular flexibility index (Phi) is 5.09. The van der Waals surface area contributed by atoms with Crippen molar-refractivity contribution in [1.82, 2.24) is 9.21 Å². The van der Waals surface area contributed by atoms with Gasteiger partial charge in [-0.15, -0.1) is 0 Å². The summed E-state index contributed by atoms with van der Waals surface area (Å²) in [6, 6.07) is 12.1. The summed E-state index contributed by atoms with van der Waals surface area (Å²) in [7, 11) is -3.57. The van der Waals surface area contributed by atoms with Crippen LogP contribution < -0.4 is 10.5 Å². The van der Waals surface area contributed by atoms with E-state index in [9.17, 15) is 13.2 Å². The lowest BCUT2D eigenvalue weighted by Gasteiger charge is -2.34. The molecule has 2 heterocycles. The molecule has 0 aliphatic carbocycles. The van der Waals surface area contributed by atoms with Gasteiger partial charge >= 0.3 is 0 Å². The molecule has 0 atom stereocenters. The minimum atomic E-state index is -3.57. The van der Waals surface area contributed by atoms with Gasteiger partial charge in [-0.1, -0.05) is 12.1 Å². The van der Waals surface area contributed by atoms with Gasteiger partial charge in [0.1, 0.15) is 5.75 Å². The lowest BCUT2D eigenvalue weighted by atomic mass is 10.1. The van der Waals surface area contributed by atoms with Crippen LogP contribution in [0, 0.1) is 0 Å². The van der Waals surface area contributed by atoms with Crippen LogP contribution in [0.1, 0.15) is 21.5 Å². The SMILES string of the molecule is NC(=O)c1ccc(S(=O)(=O)N2CCN(Cc3ccc4c(c3)CCO4)CC2)cc1. The van der Waals surface area contributed by atoms with E-state index in [1.54, 1.807) is 0 Å². The highest BCUT2D eigenvalue weighted by Gasteiger charge is 2.28. The zero-order valence-electron chi connectivity index (χ0n) is 15.5. The van der Waals surface area contributed by atoms with Crippen molar-refractivity contribution in [2.45, 2.75) is 17.9 Å². The normalized spacial score (nSPS) is 17.9. The lowest BCUT2D eigenvalue weighted by molar-refractivity contribution is 0.1000. The third-order valence-electron chi connectivity index (χ3n) is 5.27. The number of rotatable bonds is 5. The highest BCUT2D eigenvalue weighted by molar-refractivity contribution is 7.89. The second-order valence-electron chi connectivity index (χ2n) is 7.11. The number of ether oxygens (including phenoxy) is 1. The number of carbonyl (C=O) groups is 1. The summed E-state index contributed by atoms with van der Waals surface area (Å²) in [4.78, 5) is 13.6. The molecular weight excluding hydrogens is 378 g/mol. The Bertz CT molecular complexity index is 981. The number of piperazine rings is 1. The molecule has 2 aromatic rings. The van der Waals surface area contributed by atoms with Crippen LogP contribution in [0.15, 0.2) is 47.4 Å². The second kappa shape index (κ2) is 7.54. The van der Waals surface area contributed by atoms with Gasteiger partial charge in [-0.3, -0.25) is 9.69 Å². The molecule has 0 bridgehead atoms. The van der Waals surface area contributed by atoms with Crippen LogP contribution in [-0.4, -0.2) is 56.3 Å². The molecule has 1 amide bonds. The van der Waals surface area contributed by atoms with Crippen molar-refractivity contribution in [1.29, 1.82) is 0 Å². The monoisotopic (exact) mass is 401 g/mol. The maximum atomic E-state index is 12.8. The van der Waals surface area contributed by atoms with E-state index in [-0.39, 0.29) is 4.90 Å². The molecule has 2 N–H and O–H groups in total. The number of hydrogen-bond donors (Lipinski definition) is 1. The van der Waals surface area contributed by atoms with Crippen molar-refractivity contribution in [3.05, 3.63) is 59.2 Å². The van der Waals surface area contributed by atoms with E-state index in [0.717, 1.165) is 25.3 Å². The van der Waals surface area contributed by atoms with Gasteiger partial charge in [0.2, 0.25) is 15.9 Å². The highest BCUT2D eigenvalue weighted by Crippen LogP contribution is 2.26. The van der Waals surface area contributed by atoms with E-state index in [1.807, 2.05) is 6.07 Å². The Labute approximate surface area is 164 Å². The number of fused-ring (bicyclic) bond motifs is 1.